The number of nitrogens with zero attached hydrogens (tertiary/aromatic N) is 3. The number of fused-ring (bicyclic) bond motifs is 1. The summed E-state index contributed by atoms with van der Waals surface area (Å²) in [6, 6.07) is 2.14. The maximum atomic E-state index is 12.7. The van der Waals surface area contributed by atoms with Crippen molar-refractivity contribution in [1.82, 2.24) is 25.3 Å². The minimum atomic E-state index is -0.209. The number of hydrogen-bond acceptors (Lipinski definition) is 4. The van der Waals surface area contributed by atoms with E-state index in [0.29, 0.717) is 5.92 Å². The van der Waals surface area contributed by atoms with Gasteiger partial charge in [0.15, 0.2) is 0 Å². The van der Waals surface area contributed by atoms with Crippen LogP contribution in [0.5, 0.6) is 0 Å². The van der Waals surface area contributed by atoms with Crippen LogP contribution in [0.25, 0.3) is 0 Å². The largest absolute Gasteiger partial charge is 0.355 e. The number of carbonyl (C=O) groups is 1. The standard InChI is InChI=1S/C17H27N5O/c1-21-10-14-9-18-11-17(14,12-21)16(23)19-6-2-8-22-15(5-7-20-22)13-3-4-13/h5,7,13-14,18H,2-4,6,8-12H2,1H3,(H,19,23)/t14-,17-/m1/s1. The minimum Gasteiger partial charge on any atom is -0.355 e. The minimum absolute atomic E-state index is 0.209. The van der Waals surface area contributed by atoms with Crippen molar-refractivity contribution in [3.8, 4) is 0 Å². The van der Waals surface area contributed by atoms with Crippen LogP contribution in [0.4, 0.5) is 0 Å². The SMILES string of the molecule is CN1C[C@H]2CNC[C@@]2(C(=O)NCCCn2nccc2C2CC2)C1. The first-order valence-electron chi connectivity index (χ1n) is 8.88. The van der Waals surface area contributed by atoms with Gasteiger partial charge in [0.1, 0.15) is 0 Å². The molecule has 0 spiro atoms. The molecule has 2 saturated heterocycles. The summed E-state index contributed by atoms with van der Waals surface area (Å²) in [5.74, 6) is 1.42. The van der Waals surface area contributed by atoms with Crippen LogP contribution in [-0.2, 0) is 11.3 Å². The summed E-state index contributed by atoms with van der Waals surface area (Å²) in [7, 11) is 2.12. The average Bonchev–Trinajstić information content (AvgIpc) is 2.98. The third-order valence-corrected chi connectivity index (χ3v) is 5.73. The molecule has 2 atom stereocenters. The second-order valence-electron chi connectivity index (χ2n) is 7.54. The number of carbonyl (C=O) groups excluding carboxylic acids is 1. The highest BCUT2D eigenvalue weighted by molar-refractivity contribution is 5.84. The third kappa shape index (κ3) is 2.78. The highest BCUT2D eigenvalue weighted by Crippen LogP contribution is 2.40. The monoisotopic (exact) mass is 317 g/mol. The molecule has 2 N–H and O–H groups in total. The average molecular weight is 317 g/mol. The van der Waals surface area contributed by atoms with Gasteiger partial charge in [-0.25, -0.2) is 0 Å². The Morgan fingerprint density at radius 1 is 1.52 bits per heavy atom. The van der Waals surface area contributed by atoms with Gasteiger partial charge >= 0.3 is 0 Å². The first kappa shape index (κ1) is 15.1. The molecule has 0 aromatic carbocycles. The van der Waals surface area contributed by atoms with Gasteiger partial charge in [-0.15, -0.1) is 0 Å². The molecule has 23 heavy (non-hydrogen) atoms. The zero-order valence-electron chi connectivity index (χ0n) is 13.9. The summed E-state index contributed by atoms with van der Waals surface area (Å²) in [6.45, 7) is 5.32. The van der Waals surface area contributed by atoms with Gasteiger partial charge in [-0.1, -0.05) is 0 Å². The molecule has 0 unspecified atom stereocenters. The van der Waals surface area contributed by atoms with Crippen molar-refractivity contribution >= 4 is 5.91 Å². The summed E-state index contributed by atoms with van der Waals surface area (Å²) in [4.78, 5) is 15.0. The van der Waals surface area contributed by atoms with Crippen LogP contribution in [0.1, 0.15) is 30.9 Å². The highest BCUT2D eigenvalue weighted by Gasteiger charge is 2.53. The molecule has 6 heteroatoms. The van der Waals surface area contributed by atoms with Gasteiger partial charge in [0.2, 0.25) is 5.91 Å². The van der Waals surface area contributed by atoms with Gasteiger partial charge in [-0.2, -0.15) is 5.10 Å². The maximum absolute atomic E-state index is 12.7. The molecule has 3 heterocycles. The van der Waals surface area contributed by atoms with Crippen LogP contribution in [0.3, 0.4) is 0 Å². The Morgan fingerprint density at radius 3 is 3.22 bits per heavy atom. The number of likely N-dealkylation sites (tertiary alicyclic amines) is 1. The first-order valence-corrected chi connectivity index (χ1v) is 8.88. The quantitative estimate of drug-likeness (QED) is 0.747. The van der Waals surface area contributed by atoms with Gasteiger partial charge in [-0.3, -0.25) is 9.48 Å². The molecule has 1 aliphatic carbocycles. The molecule has 0 radical (unpaired) electrons. The van der Waals surface area contributed by atoms with E-state index >= 15 is 0 Å². The Hall–Kier alpha value is -1.40. The van der Waals surface area contributed by atoms with E-state index in [9.17, 15) is 4.79 Å². The fraction of sp³-hybridized carbons (Fsp3) is 0.765. The molecule has 126 valence electrons. The second kappa shape index (κ2) is 5.91. The van der Waals surface area contributed by atoms with Crippen molar-refractivity contribution in [3.63, 3.8) is 0 Å². The normalized spacial score (nSPS) is 30.6. The summed E-state index contributed by atoms with van der Waals surface area (Å²) in [6.07, 6.45) is 5.44. The Labute approximate surface area is 137 Å². The van der Waals surface area contributed by atoms with E-state index in [4.69, 9.17) is 0 Å². The molecule has 0 bridgehead atoms. The smallest absolute Gasteiger partial charge is 0.229 e. The van der Waals surface area contributed by atoms with Gasteiger partial charge in [0, 0.05) is 63.0 Å². The fourth-order valence-corrected chi connectivity index (χ4v) is 4.36. The van der Waals surface area contributed by atoms with Crippen molar-refractivity contribution in [3.05, 3.63) is 18.0 Å². The number of amides is 1. The molecule has 1 aromatic rings. The lowest BCUT2D eigenvalue weighted by Crippen LogP contribution is -2.47. The van der Waals surface area contributed by atoms with Crippen LogP contribution in [0.15, 0.2) is 12.3 Å². The van der Waals surface area contributed by atoms with E-state index in [0.717, 1.165) is 51.6 Å². The zero-order valence-corrected chi connectivity index (χ0v) is 13.9. The van der Waals surface area contributed by atoms with E-state index in [-0.39, 0.29) is 11.3 Å². The van der Waals surface area contributed by atoms with Crippen molar-refractivity contribution in [1.29, 1.82) is 0 Å². The third-order valence-electron chi connectivity index (χ3n) is 5.73. The van der Waals surface area contributed by atoms with Crippen LogP contribution < -0.4 is 10.6 Å². The lowest BCUT2D eigenvalue weighted by Gasteiger charge is -2.26. The molecule has 3 fully saturated rings. The lowest BCUT2D eigenvalue weighted by molar-refractivity contribution is -0.130. The second-order valence-corrected chi connectivity index (χ2v) is 7.54. The van der Waals surface area contributed by atoms with Gasteiger partial charge < -0.3 is 15.5 Å². The Kier molecular flexibility index (Phi) is 3.89. The summed E-state index contributed by atoms with van der Waals surface area (Å²) < 4.78 is 2.12. The summed E-state index contributed by atoms with van der Waals surface area (Å²) >= 11 is 0. The predicted molar refractivity (Wildman–Crippen MR) is 88.1 cm³/mol. The molecule has 1 aromatic heterocycles. The van der Waals surface area contributed by atoms with Gasteiger partial charge in [0.25, 0.3) is 0 Å². The Morgan fingerprint density at radius 2 is 2.39 bits per heavy atom. The molecular formula is C17H27N5O. The number of nitrogens with one attached hydrogen (secondary N) is 2. The van der Waals surface area contributed by atoms with E-state index in [1.807, 2.05) is 6.20 Å². The molecular weight excluding hydrogens is 290 g/mol. The number of aromatic nitrogens is 2. The highest BCUT2D eigenvalue weighted by atomic mass is 16.2. The Bertz CT molecular complexity index is 581. The van der Waals surface area contributed by atoms with E-state index in [1.165, 1.54) is 18.5 Å². The molecule has 1 saturated carbocycles. The van der Waals surface area contributed by atoms with Crippen molar-refractivity contribution in [2.75, 3.05) is 39.8 Å². The van der Waals surface area contributed by atoms with Crippen molar-refractivity contribution < 1.29 is 4.79 Å². The van der Waals surface area contributed by atoms with E-state index in [1.54, 1.807) is 0 Å². The molecule has 1 amide bonds. The zero-order chi connectivity index (χ0) is 15.9. The molecule has 6 nitrogen and oxygen atoms in total. The van der Waals surface area contributed by atoms with E-state index in [2.05, 4.69) is 38.4 Å². The molecule has 4 rings (SSSR count). The molecule has 3 aliphatic rings. The maximum Gasteiger partial charge on any atom is 0.229 e. The number of rotatable bonds is 6. The van der Waals surface area contributed by atoms with Crippen LogP contribution in [0, 0.1) is 11.3 Å². The summed E-state index contributed by atoms with van der Waals surface area (Å²) in [5.41, 5.74) is 1.16. The predicted octanol–water partition coefficient (Wildman–Crippen LogP) is 0.418. The van der Waals surface area contributed by atoms with Crippen LogP contribution >= 0.6 is 0 Å². The molecule has 2 aliphatic heterocycles. The van der Waals surface area contributed by atoms with Gasteiger partial charge in [-0.05, 0) is 32.4 Å². The van der Waals surface area contributed by atoms with Crippen molar-refractivity contribution in [2.45, 2.75) is 31.7 Å². The van der Waals surface area contributed by atoms with Crippen molar-refractivity contribution in [2.24, 2.45) is 11.3 Å². The van der Waals surface area contributed by atoms with Crippen LogP contribution in [0.2, 0.25) is 0 Å². The summed E-state index contributed by atoms with van der Waals surface area (Å²) in [5, 5.41) is 11.0. The van der Waals surface area contributed by atoms with E-state index < -0.39 is 0 Å². The number of hydrogen-bond donors (Lipinski definition) is 2. The lowest BCUT2D eigenvalue weighted by atomic mass is 9.80. The fourth-order valence-electron chi connectivity index (χ4n) is 4.36. The first-order chi connectivity index (χ1) is 11.2. The number of aryl methyl sites for hydroxylation is 1. The van der Waals surface area contributed by atoms with Crippen LogP contribution in [-0.4, -0.2) is 60.4 Å². The Balaban J connectivity index is 1.28. The topological polar surface area (TPSA) is 62.2 Å². The van der Waals surface area contributed by atoms with Gasteiger partial charge in [0.05, 0.1) is 5.41 Å².